The van der Waals surface area contributed by atoms with E-state index >= 15 is 0 Å². The van der Waals surface area contributed by atoms with Crippen molar-refractivity contribution in [3.63, 3.8) is 0 Å². The van der Waals surface area contributed by atoms with E-state index in [1.54, 1.807) is 6.92 Å². The minimum absolute atomic E-state index is 0.0198. The highest BCUT2D eigenvalue weighted by Gasteiger charge is 2.71. The van der Waals surface area contributed by atoms with E-state index in [1.807, 2.05) is 43.3 Å². The van der Waals surface area contributed by atoms with Crippen molar-refractivity contribution >= 4 is 17.7 Å². The summed E-state index contributed by atoms with van der Waals surface area (Å²) in [5.41, 5.74) is -0.748. The maximum absolute atomic E-state index is 14.5. The van der Waals surface area contributed by atoms with E-state index in [9.17, 15) is 24.6 Å². The van der Waals surface area contributed by atoms with Crippen LogP contribution in [-0.2, 0) is 25.7 Å². The van der Waals surface area contributed by atoms with Gasteiger partial charge in [-0.25, -0.2) is 0 Å². The van der Waals surface area contributed by atoms with E-state index in [2.05, 4.69) is 27.7 Å². The number of esters is 1. The van der Waals surface area contributed by atoms with E-state index < -0.39 is 28.3 Å². The fourth-order valence-corrected chi connectivity index (χ4v) is 11.2. The Hall–Kier alpha value is -2.47. The summed E-state index contributed by atoms with van der Waals surface area (Å²) in [4.78, 5) is 40.8. The first-order chi connectivity index (χ1) is 20.1. The molecule has 6 heteroatoms. The Morgan fingerprint density at radius 1 is 0.907 bits per heavy atom. The van der Waals surface area contributed by atoms with E-state index in [1.165, 1.54) is 5.57 Å². The third-order valence-electron chi connectivity index (χ3n) is 14.4. The summed E-state index contributed by atoms with van der Waals surface area (Å²) in [6.45, 7) is 13.2. The lowest BCUT2D eigenvalue weighted by molar-refractivity contribution is -0.215. The smallest absolute Gasteiger partial charge is 0.312 e. The van der Waals surface area contributed by atoms with Crippen molar-refractivity contribution < 1.29 is 29.3 Å². The maximum Gasteiger partial charge on any atom is 0.312 e. The van der Waals surface area contributed by atoms with E-state index in [-0.39, 0.29) is 52.4 Å². The molecule has 0 bridgehead atoms. The van der Waals surface area contributed by atoms with Gasteiger partial charge in [-0.2, -0.15) is 0 Å². The zero-order valence-corrected chi connectivity index (χ0v) is 26.9. The van der Waals surface area contributed by atoms with Crippen molar-refractivity contribution in [2.75, 3.05) is 0 Å². The first-order valence-corrected chi connectivity index (χ1v) is 16.4. The van der Waals surface area contributed by atoms with E-state index in [0.29, 0.717) is 25.7 Å². The van der Waals surface area contributed by atoms with Crippen LogP contribution in [0.25, 0.3) is 0 Å². The molecule has 5 aliphatic carbocycles. The number of carboxylic acid groups (broad SMARTS) is 1. The van der Waals surface area contributed by atoms with Crippen molar-refractivity contribution in [1.29, 1.82) is 0 Å². The quantitative estimate of drug-likeness (QED) is 0.362. The molecule has 4 saturated carbocycles. The lowest BCUT2D eigenvalue weighted by Crippen LogP contribution is -2.68. The second-order valence-electron chi connectivity index (χ2n) is 16.5. The predicted molar refractivity (Wildman–Crippen MR) is 164 cm³/mol. The van der Waals surface area contributed by atoms with Gasteiger partial charge in [0, 0.05) is 5.92 Å². The molecule has 0 radical (unpaired) electrons. The number of carbonyl (C=O) groups excluding carboxylic acids is 2. The summed E-state index contributed by atoms with van der Waals surface area (Å²) in [7, 11) is 0. The van der Waals surface area contributed by atoms with Crippen LogP contribution in [0.2, 0.25) is 0 Å². The van der Waals surface area contributed by atoms with Crippen molar-refractivity contribution in [3.8, 4) is 0 Å². The molecule has 0 saturated heterocycles. The number of rotatable bonds is 4. The number of hydrogen-bond acceptors (Lipinski definition) is 5. The number of fused-ring (bicyclic) bond motifs is 7. The largest absolute Gasteiger partial charge is 0.481 e. The molecule has 2 N–H and O–H groups in total. The Bertz CT molecular complexity index is 1370. The molecule has 6 rings (SSSR count). The number of aliphatic hydroxyl groups is 1. The predicted octanol–water partition coefficient (Wildman–Crippen LogP) is 7.14. The normalized spacial score (nSPS) is 47.2. The average molecular weight is 591 g/mol. The molecular formula is C37H50O6. The number of benzene rings is 1. The van der Waals surface area contributed by atoms with Crippen LogP contribution in [0.1, 0.15) is 105 Å². The highest BCUT2D eigenvalue weighted by Crippen LogP contribution is 2.75. The second kappa shape index (κ2) is 9.76. The zero-order chi connectivity index (χ0) is 31.2. The van der Waals surface area contributed by atoms with Gasteiger partial charge >= 0.3 is 11.9 Å². The van der Waals surface area contributed by atoms with Gasteiger partial charge in [0.2, 0.25) is 0 Å². The third-order valence-corrected chi connectivity index (χ3v) is 14.4. The Balaban J connectivity index is 1.35. The number of allylic oxidation sites excluding steroid dienone is 2. The van der Waals surface area contributed by atoms with Crippen LogP contribution < -0.4 is 0 Å². The molecule has 234 valence electrons. The standard InChI is InChI=1S/C37H50O6/c1-32-16-17-33(2,31(42)43-22-23-10-8-7-9-11-23)21-25(32)24-20-26(38)29-34(3)14-13-28(39)37(6,30(40)41)27(34)12-15-36(29,5)35(24,4)19-18-32/h7-11,20,25,27-29,39H,12-19,21-22H2,1-6H3,(H,40,41)/t25-,27+,28-,29+,32+,33-,34-,35+,36+,37-/m0/s1. The van der Waals surface area contributed by atoms with Gasteiger partial charge in [-0.05, 0) is 117 Å². The number of aliphatic hydroxyl groups excluding tert-OH is 1. The molecule has 0 aromatic heterocycles. The maximum atomic E-state index is 14.5. The molecule has 6 nitrogen and oxygen atoms in total. The molecule has 0 unspecified atom stereocenters. The Morgan fingerprint density at radius 3 is 2.26 bits per heavy atom. The summed E-state index contributed by atoms with van der Waals surface area (Å²) < 4.78 is 5.90. The molecule has 0 aliphatic heterocycles. The number of aliphatic carboxylic acids is 1. The monoisotopic (exact) mass is 590 g/mol. The zero-order valence-electron chi connectivity index (χ0n) is 26.9. The number of ether oxygens (including phenoxy) is 1. The van der Waals surface area contributed by atoms with Crippen LogP contribution in [-0.4, -0.2) is 34.0 Å². The van der Waals surface area contributed by atoms with Crippen molar-refractivity contribution in [2.45, 2.75) is 112 Å². The average Bonchev–Trinajstić information content (AvgIpc) is 2.96. The van der Waals surface area contributed by atoms with Crippen molar-refractivity contribution in [3.05, 3.63) is 47.5 Å². The fraction of sp³-hybridized carbons (Fsp3) is 0.703. The summed E-state index contributed by atoms with van der Waals surface area (Å²) in [5, 5.41) is 21.3. The van der Waals surface area contributed by atoms with Gasteiger partial charge in [0.15, 0.2) is 5.78 Å². The summed E-state index contributed by atoms with van der Waals surface area (Å²) >= 11 is 0. The molecule has 0 heterocycles. The van der Waals surface area contributed by atoms with E-state index in [0.717, 1.165) is 37.7 Å². The molecule has 0 spiro atoms. The van der Waals surface area contributed by atoms with Gasteiger partial charge in [-0.1, -0.05) is 63.6 Å². The molecule has 1 aromatic carbocycles. The van der Waals surface area contributed by atoms with Crippen molar-refractivity contribution in [2.24, 2.45) is 50.2 Å². The third kappa shape index (κ3) is 4.10. The van der Waals surface area contributed by atoms with Gasteiger partial charge in [0.1, 0.15) is 6.61 Å². The number of carboxylic acids is 1. The first kappa shape index (κ1) is 30.6. The summed E-state index contributed by atoms with van der Waals surface area (Å²) in [6.07, 6.45) is 7.94. The molecule has 4 fully saturated rings. The van der Waals surface area contributed by atoms with Gasteiger partial charge in [-0.3, -0.25) is 14.4 Å². The van der Waals surface area contributed by atoms with Gasteiger partial charge < -0.3 is 14.9 Å². The SMILES string of the molecule is C[C@]1(C(=O)OCc2ccccc2)CC[C@]2(C)CC[C@]3(C)C(=CC(=O)[C@@H]4[C@@]5(C)CC[C@H](O)[C@@](C)(C(=O)O)[C@@H]5CC[C@]43C)[C@@H]2C1. The minimum Gasteiger partial charge on any atom is -0.481 e. The summed E-state index contributed by atoms with van der Waals surface area (Å²) in [5.74, 6) is -1.45. The fourth-order valence-electron chi connectivity index (χ4n) is 11.2. The lowest BCUT2D eigenvalue weighted by Gasteiger charge is -2.70. The van der Waals surface area contributed by atoms with Crippen LogP contribution in [0.5, 0.6) is 0 Å². The minimum atomic E-state index is -1.27. The van der Waals surface area contributed by atoms with Gasteiger partial charge in [0.05, 0.1) is 16.9 Å². The Morgan fingerprint density at radius 2 is 1.58 bits per heavy atom. The molecule has 1 aromatic rings. The number of carbonyl (C=O) groups is 3. The Labute approximate surface area is 256 Å². The molecular weight excluding hydrogens is 540 g/mol. The highest BCUT2D eigenvalue weighted by atomic mass is 16.5. The number of ketones is 1. The number of hydrogen-bond donors (Lipinski definition) is 2. The van der Waals surface area contributed by atoms with Crippen LogP contribution in [0.3, 0.4) is 0 Å². The molecule has 5 aliphatic rings. The van der Waals surface area contributed by atoms with Gasteiger partial charge in [-0.15, -0.1) is 0 Å². The Kier molecular flexibility index (Phi) is 6.94. The molecule has 0 amide bonds. The van der Waals surface area contributed by atoms with Gasteiger partial charge in [0.25, 0.3) is 0 Å². The van der Waals surface area contributed by atoms with Crippen molar-refractivity contribution in [1.82, 2.24) is 0 Å². The highest BCUT2D eigenvalue weighted by molar-refractivity contribution is 5.96. The van der Waals surface area contributed by atoms with Crippen LogP contribution in [0.4, 0.5) is 0 Å². The lowest BCUT2D eigenvalue weighted by atomic mass is 9.33. The molecule has 43 heavy (non-hydrogen) atoms. The first-order valence-electron chi connectivity index (χ1n) is 16.4. The van der Waals surface area contributed by atoms with Crippen LogP contribution in [0, 0.1) is 50.2 Å². The van der Waals surface area contributed by atoms with Crippen LogP contribution >= 0.6 is 0 Å². The topological polar surface area (TPSA) is 101 Å². The summed E-state index contributed by atoms with van der Waals surface area (Å²) in [6, 6.07) is 9.79. The molecule has 10 atom stereocenters. The van der Waals surface area contributed by atoms with E-state index in [4.69, 9.17) is 4.74 Å². The van der Waals surface area contributed by atoms with Crippen LogP contribution in [0.15, 0.2) is 42.0 Å². The second-order valence-corrected chi connectivity index (χ2v) is 16.5.